The molecule has 0 unspecified atom stereocenters. The molecule has 0 aliphatic rings. The van der Waals surface area contributed by atoms with E-state index in [1.807, 2.05) is 0 Å². The van der Waals surface area contributed by atoms with E-state index in [2.05, 4.69) is 10.3 Å². The van der Waals surface area contributed by atoms with Crippen LogP contribution in [0.2, 0.25) is 0 Å². The highest BCUT2D eigenvalue weighted by Gasteiger charge is 2.01. The summed E-state index contributed by atoms with van der Waals surface area (Å²) in [7, 11) is 0. The molecule has 0 saturated carbocycles. The third-order valence-corrected chi connectivity index (χ3v) is 2.09. The molecule has 1 heterocycles. The molecule has 2 N–H and O–H groups in total. The highest BCUT2D eigenvalue weighted by Crippen LogP contribution is 2.17. The van der Waals surface area contributed by atoms with Gasteiger partial charge in [-0.05, 0) is 18.2 Å². The Kier molecular flexibility index (Phi) is 2.51. The average Bonchev–Trinajstić information content (AvgIpc) is 2.27. The molecule has 1 aromatic heterocycles. The zero-order chi connectivity index (χ0) is 11.5. The fourth-order valence-electron chi connectivity index (χ4n) is 1.40. The number of fused-ring (bicyclic) bond motifs is 1. The van der Waals surface area contributed by atoms with Crippen molar-refractivity contribution >= 4 is 29.0 Å². The highest BCUT2D eigenvalue weighted by molar-refractivity contribution is 5.90. The molecule has 0 radical (unpaired) electrons. The predicted octanol–water partition coefficient (Wildman–Crippen LogP) is 2.14. The number of carbonyl (C=O) groups is 2. The first-order valence-corrected chi connectivity index (χ1v) is 4.54. The van der Waals surface area contributed by atoms with Gasteiger partial charge in [-0.2, -0.15) is 0 Å². The van der Waals surface area contributed by atoms with Crippen LogP contribution in [-0.2, 0) is 0 Å². The van der Waals surface area contributed by atoms with Crippen molar-refractivity contribution < 1.29 is 14.7 Å². The summed E-state index contributed by atoms with van der Waals surface area (Å²) >= 11 is 0. The fourth-order valence-corrected chi connectivity index (χ4v) is 1.40. The van der Waals surface area contributed by atoms with Crippen LogP contribution >= 0.6 is 0 Å². The molecule has 1 amide bonds. The Bertz CT molecular complexity index is 566. The van der Waals surface area contributed by atoms with Crippen LogP contribution in [0, 0.1) is 0 Å². The number of hydrogen-bond donors (Lipinski definition) is 2. The van der Waals surface area contributed by atoms with Gasteiger partial charge in [0.2, 0.25) is 0 Å². The van der Waals surface area contributed by atoms with E-state index < -0.39 is 6.09 Å². The van der Waals surface area contributed by atoms with Crippen LogP contribution in [0.5, 0.6) is 0 Å². The number of anilines is 1. The molecule has 0 spiro atoms. The summed E-state index contributed by atoms with van der Waals surface area (Å²) in [5.74, 6) is 0. The summed E-state index contributed by atoms with van der Waals surface area (Å²) in [6.07, 6.45) is 1.04. The molecule has 5 heteroatoms. The lowest BCUT2D eigenvalue weighted by Crippen LogP contribution is -2.06. The van der Waals surface area contributed by atoms with Crippen LogP contribution in [0.1, 0.15) is 10.4 Å². The van der Waals surface area contributed by atoms with Crippen molar-refractivity contribution in [3.63, 3.8) is 0 Å². The molecule has 2 aromatic rings. The van der Waals surface area contributed by atoms with Gasteiger partial charge in [0.05, 0.1) is 5.52 Å². The standard InChI is InChI=1S/C11H8N2O3/c14-6-7-3-8-1-2-9(13-11(15)16)4-10(8)12-5-7/h1-6,13H,(H,15,16). The van der Waals surface area contributed by atoms with E-state index in [-0.39, 0.29) is 0 Å². The van der Waals surface area contributed by atoms with Gasteiger partial charge in [0.25, 0.3) is 0 Å². The van der Waals surface area contributed by atoms with E-state index in [0.29, 0.717) is 16.8 Å². The van der Waals surface area contributed by atoms with Crippen molar-refractivity contribution in [3.05, 3.63) is 36.0 Å². The van der Waals surface area contributed by atoms with Crippen LogP contribution in [0.3, 0.4) is 0 Å². The number of benzene rings is 1. The van der Waals surface area contributed by atoms with E-state index in [0.717, 1.165) is 11.7 Å². The molecule has 16 heavy (non-hydrogen) atoms. The lowest BCUT2D eigenvalue weighted by molar-refractivity contribution is 0.112. The molecule has 1 aromatic carbocycles. The van der Waals surface area contributed by atoms with Gasteiger partial charge >= 0.3 is 6.09 Å². The second-order valence-electron chi connectivity index (χ2n) is 3.22. The fraction of sp³-hybridized carbons (Fsp3) is 0. The van der Waals surface area contributed by atoms with Crippen molar-refractivity contribution in [3.8, 4) is 0 Å². The molecule has 0 atom stereocenters. The Morgan fingerprint density at radius 3 is 2.88 bits per heavy atom. The zero-order valence-electron chi connectivity index (χ0n) is 8.18. The Hall–Kier alpha value is -2.43. The van der Waals surface area contributed by atoms with Crippen LogP contribution in [-0.4, -0.2) is 22.5 Å². The van der Waals surface area contributed by atoms with Crippen LogP contribution in [0.4, 0.5) is 10.5 Å². The number of aldehydes is 1. The normalized spacial score (nSPS) is 10.0. The molecule has 0 aliphatic carbocycles. The van der Waals surface area contributed by atoms with Crippen molar-refractivity contribution in [1.82, 2.24) is 4.98 Å². The summed E-state index contributed by atoms with van der Waals surface area (Å²) in [4.78, 5) is 25.0. The monoisotopic (exact) mass is 216 g/mol. The minimum absolute atomic E-state index is 0.450. The van der Waals surface area contributed by atoms with E-state index in [4.69, 9.17) is 5.11 Å². The number of carbonyl (C=O) groups excluding carboxylic acids is 1. The van der Waals surface area contributed by atoms with Crippen molar-refractivity contribution in [2.75, 3.05) is 5.32 Å². The average molecular weight is 216 g/mol. The Morgan fingerprint density at radius 2 is 2.19 bits per heavy atom. The van der Waals surface area contributed by atoms with Crippen LogP contribution in [0.15, 0.2) is 30.5 Å². The molecule has 0 aliphatic heterocycles. The van der Waals surface area contributed by atoms with E-state index in [9.17, 15) is 9.59 Å². The third kappa shape index (κ3) is 1.98. The number of nitrogens with zero attached hydrogens (tertiary/aromatic N) is 1. The predicted molar refractivity (Wildman–Crippen MR) is 58.8 cm³/mol. The molecule has 0 bridgehead atoms. The Labute approximate surface area is 90.7 Å². The number of aromatic nitrogens is 1. The van der Waals surface area contributed by atoms with Crippen molar-refractivity contribution in [1.29, 1.82) is 0 Å². The van der Waals surface area contributed by atoms with Crippen LogP contribution < -0.4 is 5.32 Å². The van der Waals surface area contributed by atoms with Gasteiger partial charge in [-0.15, -0.1) is 0 Å². The molecule has 2 rings (SSSR count). The second-order valence-corrected chi connectivity index (χ2v) is 3.22. The molecule has 5 nitrogen and oxygen atoms in total. The van der Waals surface area contributed by atoms with Gasteiger partial charge in [0, 0.05) is 22.8 Å². The molecular weight excluding hydrogens is 208 g/mol. The van der Waals surface area contributed by atoms with E-state index in [1.54, 1.807) is 24.3 Å². The summed E-state index contributed by atoms with van der Waals surface area (Å²) in [5, 5.41) is 11.6. The van der Waals surface area contributed by atoms with Gasteiger partial charge in [-0.3, -0.25) is 15.1 Å². The Balaban J connectivity index is 2.47. The maximum absolute atomic E-state index is 10.5. The highest BCUT2D eigenvalue weighted by atomic mass is 16.4. The minimum Gasteiger partial charge on any atom is -0.465 e. The zero-order valence-corrected chi connectivity index (χ0v) is 8.18. The molecule has 0 saturated heterocycles. The van der Waals surface area contributed by atoms with Gasteiger partial charge in [-0.1, -0.05) is 6.07 Å². The summed E-state index contributed by atoms with van der Waals surface area (Å²) < 4.78 is 0. The lowest BCUT2D eigenvalue weighted by Gasteiger charge is -2.02. The van der Waals surface area contributed by atoms with Crippen molar-refractivity contribution in [2.45, 2.75) is 0 Å². The first kappa shape index (κ1) is 10.1. The maximum Gasteiger partial charge on any atom is 0.409 e. The molecule has 80 valence electrons. The number of hydrogen-bond acceptors (Lipinski definition) is 3. The number of nitrogens with one attached hydrogen (secondary N) is 1. The van der Waals surface area contributed by atoms with Gasteiger partial charge in [-0.25, -0.2) is 4.79 Å². The largest absolute Gasteiger partial charge is 0.465 e. The van der Waals surface area contributed by atoms with Gasteiger partial charge in [0.15, 0.2) is 6.29 Å². The number of pyridine rings is 1. The maximum atomic E-state index is 10.5. The van der Waals surface area contributed by atoms with Gasteiger partial charge < -0.3 is 5.11 Å². The van der Waals surface area contributed by atoms with Gasteiger partial charge in [0.1, 0.15) is 0 Å². The number of amides is 1. The lowest BCUT2D eigenvalue weighted by atomic mass is 10.1. The number of carboxylic acid groups (broad SMARTS) is 1. The second kappa shape index (κ2) is 3.98. The SMILES string of the molecule is O=Cc1cnc2cc(NC(=O)O)ccc2c1. The summed E-state index contributed by atoms with van der Waals surface area (Å²) in [6.45, 7) is 0. The first-order chi connectivity index (χ1) is 7.69. The van der Waals surface area contributed by atoms with E-state index in [1.165, 1.54) is 6.20 Å². The summed E-state index contributed by atoms with van der Waals surface area (Å²) in [6, 6.07) is 6.63. The van der Waals surface area contributed by atoms with Crippen molar-refractivity contribution in [2.24, 2.45) is 0 Å². The third-order valence-electron chi connectivity index (χ3n) is 2.09. The summed E-state index contributed by atoms with van der Waals surface area (Å²) in [5.41, 5.74) is 1.58. The Morgan fingerprint density at radius 1 is 1.38 bits per heavy atom. The number of rotatable bonds is 2. The quantitative estimate of drug-likeness (QED) is 0.753. The van der Waals surface area contributed by atoms with Crippen LogP contribution in [0.25, 0.3) is 10.9 Å². The van der Waals surface area contributed by atoms with E-state index >= 15 is 0 Å². The minimum atomic E-state index is -1.12. The first-order valence-electron chi connectivity index (χ1n) is 4.54. The molecule has 0 fully saturated rings. The smallest absolute Gasteiger partial charge is 0.409 e. The topological polar surface area (TPSA) is 79.3 Å². The molecular formula is C11H8N2O3.